The molecule has 0 atom stereocenters. The van der Waals surface area contributed by atoms with E-state index >= 15 is 0 Å². The van der Waals surface area contributed by atoms with Crippen LogP contribution in [0.4, 0.5) is 0 Å². The van der Waals surface area contributed by atoms with Crippen LogP contribution < -0.4 is 5.32 Å². The third-order valence-electron chi connectivity index (χ3n) is 5.95. The van der Waals surface area contributed by atoms with Crippen LogP contribution in [0.5, 0.6) is 0 Å². The third kappa shape index (κ3) is 2.67. The van der Waals surface area contributed by atoms with Crippen LogP contribution in [-0.4, -0.2) is 48.1 Å². The van der Waals surface area contributed by atoms with Gasteiger partial charge in [0, 0.05) is 31.7 Å². The highest BCUT2D eigenvalue weighted by atomic mass is 16.5. The second kappa shape index (κ2) is 5.99. The summed E-state index contributed by atoms with van der Waals surface area (Å²) in [6.45, 7) is 1.07. The Labute approximate surface area is 148 Å². The smallest absolute Gasteiger partial charge is 0.251 e. The Kier molecular flexibility index (Phi) is 3.91. The molecule has 2 amide bonds. The maximum Gasteiger partial charge on any atom is 0.251 e. The fourth-order valence-electron chi connectivity index (χ4n) is 4.19. The fourth-order valence-corrected chi connectivity index (χ4v) is 4.19. The van der Waals surface area contributed by atoms with Crippen LogP contribution in [0.3, 0.4) is 0 Å². The van der Waals surface area contributed by atoms with Crippen LogP contribution in [0, 0.1) is 5.92 Å². The van der Waals surface area contributed by atoms with Crippen LogP contribution >= 0.6 is 0 Å². The van der Waals surface area contributed by atoms with Gasteiger partial charge in [0.2, 0.25) is 5.91 Å². The molecule has 2 fully saturated rings. The molecular weight excluding hydrogens is 316 g/mol. The number of rotatable bonds is 5. The summed E-state index contributed by atoms with van der Waals surface area (Å²) in [6, 6.07) is 9.22. The topological polar surface area (TPSA) is 58.6 Å². The zero-order valence-electron chi connectivity index (χ0n) is 14.5. The van der Waals surface area contributed by atoms with Crippen molar-refractivity contribution >= 4 is 11.8 Å². The highest BCUT2D eigenvalue weighted by Crippen LogP contribution is 2.52. The van der Waals surface area contributed by atoms with E-state index in [9.17, 15) is 9.59 Å². The number of benzene rings is 1. The van der Waals surface area contributed by atoms with Crippen molar-refractivity contribution < 1.29 is 14.3 Å². The number of carbonyl (C=O) groups excluding carboxylic acids is 2. The number of hydrogen-bond donors (Lipinski definition) is 1. The molecule has 5 nitrogen and oxygen atoms in total. The SMILES string of the molecule is COC1(C2(NC(=O)c3ccccc3)CN(C(=O)C3CC=CC3)C2)CC1. The number of nitrogens with one attached hydrogen (secondary N) is 1. The molecule has 1 N–H and O–H groups in total. The third-order valence-corrected chi connectivity index (χ3v) is 5.95. The Hall–Kier alpha value is -2.14. The molecule has 25 heavy (non-hydrogen) atoms. The number of allylic oxidation sites excluding steroid dienone is 2. The van der Waals surface area contributed by atoms with E-state index in [4.69, 9.17) is 4.74 Å². The van der Waals surface area contributed by atoms with E-state index in [0.29, 0.717) is 18.7 Å². The van der Waals surface area contributed by atoms with Gasteiger partial charge in [0.15, 0.2) is 0 Å². The van der Waals surface area contributed by atoms with Gasteiger partial charge in [0.05, 0.1) is 5.60 Å². The standard InChI is InChI=1S/C20H24N2O3/c1-25-20(11-12-20)19(21-17(23)15-7-3-2-4-8-15)13-22(14-19)18(24)16-9-5-6-10-16/h2-8,16H,9-14H2,1H3,(H,21,23). The molecule has 5 heteroatoms. The second-order valence-corrected chi connectivity index (χ2v) is 7.43. The second-order valence-electron chi connectivity index (χ2n) is 7.43. The van der Waals surface area contributed by atoms with E-state index in [1.807, 2.05) is 23.1 Å². The van der Waals surface area contributed by atoms with Gasteiger partial charge in [0.25, 0.3) is 5.91 Å². The number of nitrogens with zero attached hydrogens (tertiary/aromatic N) is 1. The molecule has 1 aromatic carbocycles. The van der Waals surface area contributed by atoms with E-state index in [1.54, 1.807) is 19.2 Å². The van der Waals surface area contributed by atoms with Crippen molar-refractivity contribution in [3.8, 4) is 0 Å². The van der Waals surface area contributed by atoms with Gasteiger partial charge in [-0.1, -0.05) is 30.4 Å². The average Bonchev–Trinajstić information content (AvgIpc) is 3.22. The van der Waals surface area contributed by atoms with Crippen LogP contribution in [0.25, 0.3) is 0 Å². The molecule has 0 spiro atoms. The largest absolute Gasteiger partial charge is 0.376 e. The van der Waals surface area contributed by atoms with Gasteiger partial charge in [-0.15, -0.1) is 0 Å². The number of likely N-dealkylation sites (tertiary alicyclic amines) is 1. The number of ether oxygens (including phenoxy) is 1. The lowest BCUT2D eigenvalue weighted by atomic mass is 9.80. The Morgan fingerprint density at radius 3 is 2.32 bits per heavy atom. The van der Waals surface area contributed by atoms with Crippen molar-refractivity contribution in [2.75, 3.05) is 20.2 Å². The number of amides is 2. The van der Waals surface area contributed by atoms with Gasteiger partial charge < -0.3 is 15.0 Å². The summed E-state index contributed by atoms with van der Waals surface area (Å²) < 4.78 is 5.78. The first-order valence-corrected chi connectivity index (χ1v) is 8.96. The summed E-state index contributed by atoms with van der Waals surface area (Å²) in [6.07, 6.45) is 7.65. The van der Waals surface area contributed by atoms with Crippen LogP contribution in [-0.2, 0) is 9.53 Å². The molecule has 3 aliphatic rings. The molecule has 1 heterocycles. The van der Waals surface area contributed by atoms with Gasteiger partial charge in [-0.3, -0.25) is 9.59 Å². The predicted octanol–water partition coefficient (Wildman–Crippen LogP) is 2.14. The molecule has 0 aromatic heterocycles. The van der Waals surface area contributed by atoms with Crippen molar-refractivity contribution in [3.63, 3.8) is 0 Å². The maximum absolute atomic E-state index is 12.7. The highest BCUT2D eigenvalue weighted by molar-refractivity contribution is 5.95. The molecule has 2 aliphatic carbocycles. The zero-order chi connectivity index (χ0) is 17.5. The van der Waals surface area contributed by atoms with Crippen molar-refractivity contribution in [3.05, 3.63) is 48.0 Å². The summed E-state index contributed by atoms with van der Waals surface area (Å²) in [7, 11) is 1.70. The lowest BCUT2D eigenvalue weighted by molar-refractivity contribution is -0.152. The quantitative estimate of drug-likeness (QED) is 0.836. The van der Waals surface area contributed by atoms with E-state index in [-0.39, 0.29) is 23.3 Å². The first-order valence-electron chi connectivity index (χ1n) is 8.96. The lowest BCUT2D eigenvalue weighted by Gasteiger charge is -2.55. The molecule has 0 bridgehead atoms. The van der Waals surface area contributed by atoms with Gasteiger partial charge in [0.1, 0.15) is 5.54 Å². The summed E-state index contributed by atoms with van der Waals surface area (Å²) in [4.78, 5) is 27.2. The van der Waals surface area contributed by atoms with Crippen molar-refractivity contribution in [2.24, 2.45) is 5.92 Å². The molecule has 0 unspecified atom stereocenters. The molecule has 1 saturated heterocycles. The molecule has 1 saturated carbocycles. The monoisotopic (exact) mass is 340 g/mol. The summed E-state index contributed by atoms with van der Waals surface area (Å²) in [5.41, 5.74) is -0.169. The summed E-state index contributed by atoms with van der Waals surface area (Å²) in [5.74, 6) is 0.167. The Bertz CT molecular complexity index is 695. The van der Waals surface area contributed by atoms with E-state index in [2.05, 4.69) is 17.5 Å². The fraction of sp³-hybridized carbons (Fsp3) is 0.500. The molecule has 1 aliphatic heterocycles. The highest BCUT2D eigenvalue weighted by Gasteiger charge is 2.66. The van der Waals surface area contributed by atoms with E-state index in [0.717, 1.165) is 25.7 Å². The minimum Gasteiger partial charge on any atom is -0.376 e. The van der Waals surface area contributed by atoms with Crippen molar-refractivity contribution in [1.29, 1.82) is 0 Å². The first-order chi connectivity index (χ1) is 12.1. The molecule has 1 aromatic rings. The molecular formula is C20H24N2O3. The van der Waals surface area contributed by atoms with E-state index < -0.39 is 5.54 Å². The lowest BCUT2D eigenvalue weighted by Crippen LogP contribution is -2.78. The Balaban J connectivity index is 1.49. The molecule has 4 rings (SSSR count). The minimum absolute atomic E-state index is 0.0699. The van der Waals surface area contributed by atoms with Gasteiger partial charge in [-0.05, 0) is 37.8 Å². The van der Waals surface area contributed by atoms with E-state index in [1.165, 1.54) is 0 Å². The normalized spacial score (nSPS) is 23.2. The number of methoxy groups -OCH3 is 1. The number of hydrogen-bond acceptors (Lipinski definition) is 3. The van der Waals surface area contributed by atoms with Gasteiger partial charge in [-0.25, -0.2) is 0 Å². The molecule has 0 radical (unpaired) electrons. The van der Waals surface area contributed by atoms with Crippen molar-refractivity contribution in [2.45, 2.75) is 36.8 Å². The molecule has 132 valence electrons. The first kappa shape index (κ1) is 16.3. The van der Waals surface area contributed by atoms with Crippen LogP contribution in [0.2, 0.25) is 0 Å². The number of carbonyl (C=O) groups is 2. The summed E-state index contributed by atoms with van der Waals surface area (Å²) >= 11 is 0. The van der Waals surface area contributed by atoms with Gasteiger partial charge in [-0.2, -0.15) is 0 Å². The Morgan fingerprint density at radius 2 is 1.76 bits per heavy atom. The minimum atomic E-state index is -0.476. The zero-order valence-corrected chi connectivity index (χ0v) is 14.5. The predicted molar refractivity (Wildman–Crippen MR) is 94.1 cm³/mol. The maximum atomic E-state index is 12.7. The summed E-state index contributed by atoms with van der Waals surface area (Å²) in [5, 5.41) is 3.20. The van der Waals surface area contributed by atoms with Crippen molar-refractivity contribution in [1.82, 2.24) is 10.2 Å². The average molecular weight is 340 g/mol. The van der Waals surface area contributed by atoms with Crippen LogP contribution in [0.1, 0.15) is 36.0 Å². The van der Waals surface area contributed by atoms with Crippen LogP contribution in [0.15, 0.2) is 42.5 Å². The Morgan fingerprint density at radius 1 is 1.12 bits per heavy atom. The van der Waals surface area contributed by atoms with Gasteiger partial charge >= 0.3 is 0 Å².